The predicted molar refractivity (Wildman–Crippen MR) is 86.1 cm³/mol. The number of nitrogens with zero attached hydrogens (tertiary/aromatic N) is 2. The van der Waals surface area contributed by atoms with Crippen molar-refractivity contribution < 1.29 is 9.90 Å². The lowest BCUT2D eigenvalue weighted by Crippen LogP contribution is -2.36. The number of halogens is 1. The van der Waals surface area contributed by atoms with E-state index in [2.05, 4.69) is 15.3 Å². The minimum absolute atomic E-state index is 0.109. The van der Waals surface area contributed by atoms with Crippen molar-refractivity contribution in [2.45, 2.75) is 63.3 Å². The van der Waals surface area contributed by atoms with Crippen LogP contribution in [0.2, 0.25) is 5.28 Å². The maximum Gasteiger partial charge on any atom is 0.270 e. The zero-order valence-corrected chi connectivity index (χ0v) is 13.8. The number of hydrogen-bond acceptors (Lipinski definition) is 4. The molecule has 2 saturated carbocycles. The Kier molecular flexibility index (Phi) is 6.58. The predicted octanol–water partition coefficient (Wildman–Crippen LogP) is 3.07. The summed E-state index contributed by atoms with van der Waals surface area (Å²) in [5, 5.41) is 10.3. The van der Waals surface area contributed by atoms with Gasteiger partial charge < -0.3 is 10.4 Å². The Bertz CT molecular complexity index is 500. The van der Waals surface area contributed by atoms with Crippen molar-refractivity contribution in [1.29, 1.82) is 0 Å². The van der Waals surface area contributed by atoms with Crippen LogP contribution < -0.4 is 5.32 Å². The zero-order valence-electron chi connectivity index (χ0n) is 13.0. The first-order valence-electron chi connectivity index (χ1n) is 8.02. The highest BCUT2D eigenvalue weighted by Gasteiger charge is 2.24. The highest BCUT2D eigenvalue weighted by atomic mass is 35.5. The minimum Gasteiger partial charge on any atom is -0.400 e. The van der Waals surface area contributed by atoms with Crippen LogP contribution >= 0.6 is 11.6 Å². The van der Waals surface area contributed by atoms with Crippen LogP contribution in [0.5, 0.6) is 0 Å². The number of aliphatic hydroxyl groups is 1. The molecule has 0 spiro atoms. The fourth-order valence-electron chi connectivity index (χ4n) is 2.97. The molecular weight excluding hydrogens is 302 g/mol. The lowest BCUT2D eigenvalue weighted by atomic mass is 9.82. The van der Waals surface area contributed by atoms with Crippen molar-refractivity contribution in [3.05, 3.63) is 22.7 Å². The second-order valence-electron chi connectivity index (χ2n) is 5.88. The van der Waals surface area contributed by atoms with Crippen LogP contribution in [0.4, 0.5) is 0 Å². The quantitative estimate of drug-likeness (QED) is 0.837. The van der Waals surface area contributed by atoms with Crippen LogP contribution in [-0.2, 0) is 0 Å². The summed E-state index contributed by atoms with van der Waals surface area (Å²) in [5.41, 5.74) is 1.34. The molecule has 2 aliphatic carbocycles. The molecule has 122 valence electrons. The molecule has 5 nitrogen and oxygen atoms in total. The van der Waals surface area contributed by atoms with E-state index in [1.54, 1.807) is 0 Å². The van der Waals surface area contributed by atoms with Gasteiger partial charge in [0.1, 0.15) is 5.69 Å². The van der Waals surface area contributed by atoms with Gasteiger partial charge in [-0.25, -0.2) is 9.97 Å². The summed E-state index contributed by atoms with van der Waals surface area (Å²) in [5.74, 6) is 0.346. The molecule has 2 N–H and O–H groups in total. The van der Waals surface area contributed by atoms with E-state index in [1.807, 2.05) is 6.07 Å². The van der Waals surface area contributed by atoms with Crippen LogP contribution in [0.25, 0.3) is 0 Å². The van der Waals surface area contributed by atoms with Gasteiger partial charge in [0, 0.05) is 24.8 Å². The first-order chi connectivity index (χ1) is 10.7. The number of hydrogen-bond donors (Lipinski definition) is 2. The molecule has 22 heavy (non-hydrogen) atoms. The molecule has 0 aliphatic heterocycles. The molecule has 0 unspecified atom stereocenters. The van der Waals surface area contributed by atoms with Gasteiger partial charge in [0.2, 0.25) is 5.28 Å². The van der Waals surface area contributed by atoms with Crippen molar-refractivity contribution in [3.63, 3.8) is 0 Å². The second-order valence-corrected chi connectivity index (χ2v) is 6.22. The van der Waals surface area contributed by atoms with E-state index in [0.717, 1.165) is 38.5 Å². The molecule has 1 amide bonds. The van der Waals surface area contributed by atoms with E-state index >= 15 is 0 Å². The van der Waals surface area contributed by atoms with Crippen molar-refractivity contribution in [1.82, 2.24) is 15.3 Å². The van der Waals surface area contributed by atoms with E-state index in [4.69, 9.17) is 16.7 Å². The summed E-state index contributed by atoms with van der Waals surface area (Å²) in [6, 6.07) is 2.10. The molecule has 0 radical (unpaired) electrons. The Labute approximate surface area is 136 Å². The number of nitrogens with one attached hydrogen (secondary N) is 1. The monoisotopic (exact) mass is 325 g/mol. The second kappa shape index (κ2) is 8.44. The SMILES string of the molecule is CO.O=C(NC1CCCCC1)c1cc(C2CCC2)nc(Cl)n1. The molecule has 0 atom stereocenters. The molecule has 2 fully saturated rings. The van der Waals surface area contributed by atoms with Crippen LogP contribution in [0, 0.1) is 0 Å². The summed E-state index contributed by atoms with van der Waals surface area (Å²) in [6.45, 7) is 0. The maximum absolute atomic E-state index is 12.3. The Hall–Kier alpha value is -1.20. The van der Waals surface area contributed by atoms with E-state index in [-0.39, 0.29) is 17.2 Å². The third kappa shape index (κ3) is 4.40. The topological polar surface area (TPSA) is 75.1 Å². The highest BCUT2D eigenvalue weighted by Crippen LogP contribution is 2.35. The standard InChI is InChI=1S/C15H20ClN3O.CH4O/c16-15-18-12(10-5-4-6-10)9-13(19-15)14(20)17-11-7-2-1-3-8-11;1-2/h9-11H,1-8H2,(H,17,20);2H,1H3. The van der Waals surface area contributed by atoms with Gasteiger partial charge in [-0.1, -0.05) is 25.7 Å². The zero-order chi connectivity index (χ0) is 15.9. The van der Waals surface area contributed by atoms with E-state index < -0.39 is 0 Å². The Balaban J connectivity index is 0.000000847. The summed E-state index contributed by atoms with van der Waals surface area (Å²) in [4.78, 5) is 20.6. The van der Waals surface area contributed by atoms with Crippen molar-refractivity contribution in [2.75, 3.05) is 7.11 Å². The normalized spacial score (nSPS) is 18.9. The summed E-state index contributed by atoms with van der Waals surface area (Å²) in [7, 11) is 1.00. The van der Waals surface area contributed by atoms with Gasteiger partial charge in [-0.05, 0) is 43.4 Å². The van der Waals surface area contributed by atoms with Gasteiger partial charge >= 0.3 is 0 Å². The maximum atomic E-state index is 12.3. The number of amides is 1. The Morgan fingerprint density at radius 1 is 1.14 bits per heavy atom. The molecule has 1 aromatic rings. The molecule has 6 heteroatoms. The van der Waals surface area contributed by atoms with E-state index in [0.29, 0.717) is 11.6 Å². The number of aliphatic hydroxyl groups excluding tert-OH is 1. The first kappa shape index (κ1) is 17.2. The lowest BCUT2D eigenvalue weighted by molar-refractivity contribution is 0.0922. The van der Waals surface area contributed by atoms with Gasteiger partial charge in [0.15, 0.2) is 0 Å². The molecule has 0 bridgehead atoms. The average molecular weight is 326 g/mol. The summed E-state index contributed by atoms with van der Waals surface area (Å²) in [6.07, 6.45) is 9.31. The van der Waals surface area contributed by atoms with Gasteiger partial charge in [-0.2, -0.15) is 0 Å². The number of carbonyl (C=O) groups is 1. The van der Waals surface area contributed by atoms with Crippen LogP contribution in [0.1, 0.15) is 73.5 Å². The number of rotatable bonds is 3. The van der Waals surface area contributed by atoms with Gasteiger partial charge in [-0.3, -0.25) is 4.79 Å². The first-order valence-corrected chi connectivity index (χ1v) is 8.40. The molecule has 0 aromatic carbocycles. The average Bonchev–Trinajstić information content (AvgIpc) is 2.48. The summed E-state index contributed by atoms with van der Waals surface area (Å²) >= 11 is 5.96. The minimum atomic E-state index is -0.109. The third-order valence-corrected chi connectivity index (χ3v) is 4.58. The summed E-state index contributed by atoms with van der Waals surface area (Å²) < 4.78 is 0. The van der Waals surface area contributed by atoms with Gasteiger partial charge in [0.05, 0.1) is 0 Å². The molecule has 1 aromatic heterocycles. The largest absolute Gasteiger partial charge is 0.400 e. The van der Waals surface area contributed by atoms with Crippen LogP contribution in [0.15, 0.2) is 6.07 Å². The molecule has 1 heterocycles. The van der Waals surface area contributed by atoms with E-state index in [9.17, 15) is 4.79 Å². The van der Waals surface area contributed by atoms with Crippen LogP contribution in [0.3, 0.4) is 0 Å². The molecule has 0 saturated heterocycles. The third-order valence-electron chi connectivity index (χ3n) is 4.42. The number of carbonyl (C=O) groups excluding carboxylic acids is 1. The van der Waals surface area contributed by atoms with Crippen molar-refractivity contribution in [2.24, 2.45) is 0 Å². The molecule has 2 aliphatic rings. The molecule has 3 rings (SSSR count). The van der Waals surface area contributed by atoms with E-state index in [1.165, 1.54) is 25.7 Å². The van der Waals surface area contributed by atoms with Crippen molar-refractivity contribution >= 4 is 17.5 Å². The highest BCUT2D eigenvalue weighted by molar-refractivity contribution is 6.28. The number of aromatic nitrogens is 2. The van der Waals surface area contributed by atoms with Gasteiger partial charge in [0.25, 0.3) is 5.91 Å². The lowest BCUT2D eigenvalue weighted by Gasteiger charge is -2.25. The smallest absolute Gasteiger partial charge is 0.270 e. The van der Waals surface area contributed by atoms with Crippen LogP contribution in [-0.4, -0.2) is 34.1 Å². The van der Waals surface area contributed by atoms with Gasteiger partial charge in [-0.15, -0.1) is 0 Å². The Morgan fingerprint density at radius 2 is 1.82 bits per heavy atom. The van der Waals surface area contributed by atoms with Crippen molar-refractivity contribution in [3.8, 4) is 0 Å². The molecular formula is C16H24ClN3O2. The Morgan fingerprint density at radius 3 is 2.41 bits per heavy atom. The fraction of sp³-hybridized carbons (Fsp3) is 0.688. The fourth-order valence-corrected chi connectivity index (χ4v) is 3.16.